The lowest BCUT2D eigenvalue weighted by atomic mass is 9.77. The van der Waals surface area contributed by atoms with Gasteiger partial charge in [-0.2, -0.15) is 0 Å². The molecule has 0 radical (unpaired) electrons. The summed E-state index contributed by atoms with van der Waals surface area (Å²) in [5, 5.41) is 6.28. The van der Waals surface area contributed by atoms with Gasteiger partial charge in [-0.1, -0.05) is 13.8 Å². The number of ether oxygens (including phenoxy) is 1. The smallest absolute Gasteiger partial charge is 0.242 e. The Kier molecular flexibility index (Phi) is 4.70. The van der Waals surface area contributed by atoms with E-state index < -0.39 is 0 Å². The molecule has 0 saturated carbocycles. The molecule has 1 aliphatic heterocycles. The maximum absolute atomic E-state index is 12.4. The fraction of sp³-hybridized carbons (Fsp3) is 0.533. The number of piperidine rings is 1. The van der Waals surface area contributed by atoms with E-state index in [-0.39, 0.29) is 17.4 Å². The third kappa shape index (κ3) is 3.33. The number of hydrogen-bond donors (Lipinski definition) is 2. The van der Waals surface area contributed by atoms with Crippen LogP contribution in [0.15, 0.2) is 22.7 Å². The highest BCUT2D eigenvalue weighted by molar-refractivity contribution is 9.10. The fourth-order valence-corrected chi connectivity index (χ4v) is 3.02. The van der Waals surface area contributed by atoms with Crippen LogP contribution in [0.5, 0.6) is 5.75 Å². The molecule has 1 heterocycles. The van der Waals surface area contributed by atoms with E-state index in [1.807, 2.05) is 18.2 Å². The number of hydrogen-bond acceptors (Lipinski definition) is 3. The normalized spacial score (nSPS) is 21.3. The van der Waals surface area contributed by atoms with Crippen LogP contribution in [0, 0.1) is 5.41 Å². The third-order valence-corrected chi connectivity index (χ3v) is 4.46. The summed E-state index contributed by atoms with van der Waals surface area (Å²) in [5.41, 5.74) is 0.722. The molecule has 1 amide bonds. The van der Waals surface area contributed by atoms with E-state index in [0.29, 0.717) is 5.75 Å². The van der Waals surface area contributed by atoms with Crippen LogP contribution < -0.4 is 15.4 Å². The van der Waals surface area contributed by atoms with Crippen LogP contribution in [0.4, 0.5) is 5.69 Å². The Bertz CT molecular complexity index is 503. The van der Waals surface area contributed by atoms with Gasteiger partial charge in [0.05, 0.1) is 17.6 Å². The van der Waals surface area contributed by atoms with Gasteiger partial charge in [-0.15, -0.1) is 0 Å². The first-order valence-electron chi connectivity index (χ1n) is 6.82. The number of anilines is 1. The zero-order chi connectivity index (χ0) is 14.8. The second-order valence-electron chi connectivity index (χ2n) is 5.82. The van der Waals surface area contributed by atoms with E-state index in [1.165, 1.54) is 0 Å². The molecule has 1 aromatic carbocycles. The van der Waals surface area contributed by atoms with E-state index >= 15 is 0 Å². The first kappa shape index (κ1) is 15.3. The predicted molar refractivity (Wildman–Crippen MR) is 84.1 cm³/mol. The monoisotopic (exact) mass is 340 g/mol. The number of nitrogens with one attached hydrogen (secondary N) is 2. The summed E-state index contributed by atoms with van der Waals surface area (Å²) in [7, 11) is 1.61. The van der Waals surface area contributed by atoms with Crippen molar-refractivity contribution < 1.29 is 9.53 Å². The van der Waals surface area contributed by atoms with Crippen LogP contribution in [-0.4, -0.2) is 25.6 Å². The molecule has 110 valence electrons. The molecule has 1 fully saturated rings. The first-order valence-corrected chi connectivity index (χ1v) is 7.61. The van der Waals surface area contributed by atoms with E-state index in [4.69, 9.17) is 4.74 Å². The Hall–Kier alpha value is -1.07. The topological polar surface area (TPSA) is 50.4 Å². The van der Waals surface area contributed by atoms with Gasteiger partial charge >= 0.3 is 0 Å². The average molecular weight is 341 g/mol. The van der Waals surface area contributed by atoms with Gasteiger partial charge in [0.2, 0.25) is 5.91 Å². The Labute approximate surface area is 128 Å². The molecule has 0 aliphatic carbocycles. The maximum atomic E-state index is 12.4. The Morgan fingerprint density at radius 2 is 2.25 bits per heavy atom. The molecule has 4 nitrogen and oxygen atoms in total. The van der Waals surface area contributed by atoms with Crippen LogP contribution in [-0.2, 0) is 4.79 Å². The van der Waals surface area contributed by atoms with Crippen molar-refractivity contribution in [1.82, 2.24) is 5.32 Å². The lowest BCUT2D eigenvalue weighted by Gasteiger charge is -2.38. The van der Waals surface area contributed by atoms with Crippen molar-refractivity contribution in [3.63, 3.8) is 0 Å². The summed E-state index contributed by atoms with van der Waals surface area (Å²) in [4.78, 5) is 12.4. The van der Waals surface area contributed by atoms with Gasteiger partial charge in [-0.25, -0.2) is 0 Å². The Balaban J connectivity index is 2.11. The number of rotatable bonds is 3. The van der Waals surface area contributed by atoms with E-state index in [9.17, 15) is 4.79 Å². The van der Waals surface area contributed by atoms with Gasteiger partial charge in [-0.05, 0) is 52.9 Å². The van der Waals surface area contributed by atoms with Gasteiger partial charge in [0.1, 0.15) is 5.75 Å². The van der Waals surface area contributed by atoms with Crippen molar-refractivity contribution in [2.45, 2.75) is 32.7 Å². The van der Waals surface area contributed by atoms with E-state index in [1.54, 1.807) is 7.11 Å². The van der Waals surface area contributed by atoms with Crippen molar-refractivity contribution in [3.05, 3.63) is 22.7 Å². The van der Waals surface area contributed by atoms with Gasteiger partial charge in [0.25, 0.3) is 0 Å². The molecule has 2 N–H and O–H groups in total. The minimum atomic E-state index is -0.161. The average Bonchev–Trinajstić information content (AvgIpc) is 2.40. The summed E-state index contributed by atoms with van der Waals surface area (Å²) in [6, 6.07) is 5.39. The lowest BCUT2D eigenvalue weighted by molar-refractivity contribution is -0.121. The molecular formula is C15H21BrN2O2. The summed E-state index contributed by atoms with van der Waals surface area (Å²) in [6.45, 7) is 5.16. The lowest BCUT2D eigenvalue weighted by Crippen LogP contribution is -2.53. The number of carbonyl (C=O) groups is 1. The Morgan fingerprint density at radius 3 is 2.90 bits per heavy atom. The molecule has 2 rings (SSSR count). The highest BCUT2D eigenvalue weighted by Crippen LogP contribution is 2.32. The molecule has 1 aliphatic rings. The van der Waals surface area contributed by atoms with Gasteiger partial charge in [-0.3, -0.25) is 4.79 Å². The first-order chi connectivity index (χ1) is 9.44. The number of carbonyl (C=O) groups excluding carboxylic acids is 1. The largest absolute Gasteiger partial charge is 0.495 e. The second-order valence-corrected chi connectivity index (χ2v) is 6.67. The molecule has 20 heavy (non-hydrogen) atoms. The minimum absolute atomic E-state index is 0.0130. The third-order valence-electron chi connectivity index (χ3n) is 3.81. The molecule has 1 atom stereocenters. The van der Waals surface area contributed by atoms with E-state index in [0.717, 1.165) is 29.5 Å². The fourth-order valence-electron chi connectivity index (χ4n) is 2.61. The molecule has 0 aromatic heterocycles. The highest BCUT2D eigenvalue weighted by Gasteiger charge is 2.37. The predicted octanol–water partition coefficient (Wildman–Crippen LogP) is 3.17. The van der Waals surface area contributed by atoms with Crippen LogP contribution >= 0.6 is 15.9 Å². The van der Waals surface area contributed by atoms with Crippen molar-refractivity contribution in [1.29, 1.82) is 0 Å². The van der Waals surface area contributed by atoms with Gasteiger partial charge in [0, 0.05) is 11.8 Å². The zero-order valence-electron chi connectivity index (χ0n) is 12.1. The molecular weight excluding hydrogens is 320 g/mol. The minimum Gasteiger partial charge on any atom is -0.495 e. The van der Waals surface area contributed by atoms with E-state index in [2.05, 4.69) is 40.4 Å². The van der Waals surface area contributed by atoms with Crippen LogP contribution in [0.2, 0.25) is 0 Å². The van der Waals surface area contributed by atoms with Crippen molar-refractivity contribution >= 4 is 27.5 Å². The van der Waals surface area contributed by atoms with Crippen molar-refractivity contribution in [2.75, 3.05) is 19.0 Å². The number of amides is 1. The SMILES string of the molecule is COc1cc(NC(=O)C2NCCCC2(C)C)ccc1Br. The van der Waals surface area contributed by atoms with Gasteiger partial charge < -0.3 is 15.4 Å². The molecule has 0 spiro atoms. The number of halogens is 1. The van der Waals surface area contributed by atoms with Crippen LogP contribution in [0.1, 0.15) is 26.7 Å². The van der Waals surface area contributed by atoms with Crippen LogP contribution in [0.25, 0.3) is 0 Å². The summed E-state index contributed by atoms with van der Waals surface area (Å²) >= 11 is 3.40. The van der Waals surface area contributed by atoms with Crippen molar-refractivity contribution in [3.8, 4) is 5.75 Å². The number of methoxy groups -OCH3 is 1. The molecule has 1 saturated heterocycles. The highest BCUT2D eigenvalue weighted by atomic mass is 79.9. The summed E-state index contributed by atoms with van der Waals surface area (Å²) < 4.78 is 6.11. The quantitative estimate of drug-likeness (QED) is 0.888. The molecule has 1 unspecified atom stereocenters. The Morgan fingerprint density at radius 1 is 1.50 bits per heavy atom. The molecule has 5 heteroatoms. The summed E-state index contributed by atoms with van der Waals surface area (Å²) in [5.74, 6) is 0.720. The standard InChI is InChI=1S/C15H21BrN2O2/c1-15(2)7-4-8-17-13(15)14(19)18-10-5-6-11(16)12(9-10)20-3/h5-6,9,13,17H,4,7-8H2,1-3H3,(H,18,19). The molecule has 0 bridgehead atoms. The zero-order valence-corrected chi connectivity index (χ0v) is 13.7. The van der Waals surface area contributed by atoms with Gasteiger partial charge in [0.15, 0.2) is 0 Å². The van der Waals surface area contributed by atoms with Crippen LogP contribution in [0.3, 0.4) is 0 Å². The summed E-state index contributed by atoms with van der Waals surface area (Å²) in [6.07, 6.45) is 2.17. The maximum Gasteiger partial charge on any atom is 0.242 e. The number of benzene rings is 1. The second kappa shape index (κ2) is 6.14. The molecule has 1 aromatic rings. The van der Waals surface area contributed by atoms with Crippen molar-refractivity contribution in [2.24, 2.45) is 5.41 Å².